The van der Waals surface area contributed by atoms with Crippen LogP contribution >= 0.6 is 11.3 Å². The highest BCUT2D eigenvalue weighted by atomic mass is 32.1. The molecule has 0 saturated heterocycles. The molecular weight excluding hydrogens is 386 g/mol. The molecular formula is C22H21N3O3S. The van der Waals surface area contributed by atoms with Gasteiger partial charge < -0.3 is 14.8 Å². The molecule has 6 nitrogen and oxygen atoms in total. The first-order chi connectivity index (χ1) is 14.2. The number of hydrogen-bond acceptors (Lipinski definition) is 5. The zero-order valence-electron chi connectivity index (χ0n) is 16.2. The fraction of sp³-hybridized carbons (Fsp3) is 0.182. The fourth-order valence-electron chi connectivity index (χ4n) is 2.97. The summed E-state index contributed by atoms with van der Waals surface area (Å²) in [5, 5.41) is 8.55. The van der Waals surface area contributed by atoms with Gasteiger partial charge in [-0.1, -0.05) is 18.2 Å². The van der Waals surface area contributed by atoms with E-state index in [9.17, 15) is 4.79 Å². The highest BCUT2D eigenvalue weighted by molar-refractivity contribution is 7.20. The van der Waals surface area contributed by atoms with Crippen LogP contribution in [0.5, 0.6) is 5.75 Å². The molecule has 0 saturated carbocycles. The predicted molar refractivity (Wildman–Crippen MR) is 115 cm³/mol. The summed E-state index contributed by atoms with van der Waals surface area (Å²) in [4.78, 5) is 14.4. The minimum absolute atomic E-state index is 0.140. The van der Waals surface area contributed by atoms with Gasteiger partial charge in [-0.2, -0.15) is 5.10 Å². The number of benzene rings is 2. The third-order valence-corrected chi connectivity index (χ3v) is 5.55. The Hall–Kier alpha value is -3.16. The average Bonchev–Trinajstić information content (AvgIpc) is 3.31. The van der Waals surface area contributed by atoms with Crippen LogP contribution in [0.15, 0.2) is 60.7 Å². The summed E-state index contributed by atoms with van der Waals surface area (Å²) in [6.45, 7) is 2.98. The summed E-state index contributed by atoms with van der Waals surface area (Å²) >= 11 is 1.43. The molecule has 2 aromatic carbocycles. The fourth-order valence-corrected chi connectivity index (χ4v) is 4.05. The molecule has 2 aromatic heterocycles. The molecule has 148 valence electrons. The van der Waals surface area contributed by atoms with Crippen LogP contribution in [0.1, 0.15) is 15.4 Å². The van der Waals surface area contributed by atoms with Gasteiger partial charge in [0.25, 0.3) is 5.91 Å². The van der Waals surface area contributed by atoms with Gasteiger partial charge in [0.05, 0.1) is 22.9 Å². The van der Waals surface area contributed by atoms with Gasteiger partial charge in [-0.05, 0) is 49.4 Å². The van der Waals surface area contributed by atoms with Gasteiger partial charge in [0.15, 0.2) is 0 Å². The number of thiophene rings is 1. The van der Waals surface area contributed by atoms with E-state index in [0.29, 0.717) is 23.8 Å². The minimum atomic E-state index is -0.140. The number of ether oxygens (including phenoxy) is 2. The molecule has 0 bridgehead atoms. The number of aromatic nitrogens is 2. The molecule has 0 radical (unpaired) electrons. The number of methoxy groups -OCH3 is 1. The number of rotatable bonds is 7. The highest BCUT2D eigenvalue weighted by Crippen LogP contribution is 2.31. The summed E-state index contributed by atoms with van der Waals surface area (Å²) in [7, 11) is 1.63. The van der Waals surface area contributed by atoms with Gasteiger partial charge >= 0.3 is 0 Å². The maximum atomic E-state index is 12.8. The van der Waals surface area contributed by atoms with Crippen LogP contribution in [0, 0.1) is 6.92 Å². The summed E-state index contributed by atoms with van der Waals surface area (Å²) in [5.41, 5.74) is 2.59. The summed E-state index contributed by atoms with van der Waals surface area (Å²) in [6.07, 6.45) is 0. The Bertz CT molecular complexity index is 1120. The molecule has 0 unspecified atom stereocenters. The molecule has 0 aliphatic carbocycles. The van der Waals surface area contributed by atoms with Crippen molar-refractivity contribution in [2.24, 2.45) is 0 Å². The van der Waals surface area contributed by atoms with Crippen molar-refractivity contribution in [3.8, 4) is 11.4 Å². The molecule has 1 amide bonds. The van der Waals surface area contributed by atoms with Gasteiger partial charge in [-0.3, -0.25) is 4.79 Å². The largest absolute Gasteiger partial charge is 0.491 e. The van der Waals surface area contributed by atoms with Gasteiger partial charge in [0.1, 0.15) is 17.2 Å². The van der Waals surface area contributed by atoms with Crippen LogP contribution in [0.2, 0.25) is 0 Å². The number of hydrogen-bond donors (Lipinski definition) is 1. The van der Waals surface area contributed by atoms with Crippen molar-refractivity contribution in [2.75, 3.05) is 25.6 Å². The van der Waals surface area contributed by atoms with E-state index in [4.69, 9.17) is 9.47 Å². The molecule has 4 aromatic rings. The van der Waals surface area contributed by atoms with Crippen LogP contribution in [-0.4, -0.2) is 36.0 Å². The van der Waals surface area contributed by atoms with Crippen molar-refractivity contribution in [1.82, 2.24) is 9.78 Å². The van der Waals surface area contributed by atoms with Gasteiger partial charge in [-0.25, -0.2) is 4.68 Å². The first-order valence-electron chi connectivity index (χ1n) is 9.23. The summed E-state index contributed by atoms with van der Waals surface area (Å²) in [5.74, 6) is 0.596. The van der Waals surface area contributed by atoms with Crippen molar-refractivity contribution in [3.63, 3.8) is 0 Å². The lowest BCUT2D eigenvalue weighted by molar-refractivity contribution is 0.103. The molecule has 0 atom stereocenters. The number of fused-ring (bicyclic) bond motifs is 1. The topological polar surface area (TPSA) is 65.4 Å². The molecule has 0 fully saturated rings. The summed E-state index contributed by atoms with van der Waals surface area (Å²) in [6, 6.07) is 19.1. The third kappa shape index (κ3) is 4.16. The number of anilines is 1. The number of nitrogens with zero attached hydrogens (tertiary/aromatic N) is 2. The zero-order valence-corrected chi connectivity index (χ0v) is 17.0. The maximum Gasteiger partial charge on any atom is 0.265 e. The van der Waals surface area contributed by atoms with Crippen LogP contribution in [-0.2, 0) is 4.74 Å². The lowest BCUT2D eigenvalue weighted by atomic mass is 10.2. The third-order valence-electron chi connectivity index (χ3n) is 4.44. The number of para-hydroxylation sites is 1. The number of aryl methyl sites for hydroxylation is 1. The predicted octanol–water partition coefficient (Wildman–Crippen LogP) is 4.67. The second-order valence-corrected chi connectivity index (χ2v) is 7.51. The van der Waals surface area contributed by atoms with Crippen molar-refractivity contribution in [2.45, 2.75) is 6.92 Å². The Morgan fingerprint density at radius 2 is 1.86 bits per heavy atom. The van der Waals surface area contributed by atoms with Crippen LogP contribution in [0.25, 0.3) is 15.9 Å². The van der Waals surface area contributed by atoms with E-state index in [1.807, 2.05) is 72.3 Å². The van der Waals surface area contributed by atoms with Crippen LogP contribution in [0.3, 0.4) is 0 Å². The Morgan fingerprint density at radius 3 is 2.59 bits per heavy atom. The summed E-state index contributed by atoms with van der Waals surface area (Å²) < 4.78 is 12.4. The Balaban J connectivity index is 1.52. The van der Waals surface area contributed by atoms with E-state index in [2.05, 4.69) is 10.4 Å². The SMILES string of the molecule is COCCOc1ccc(NC(=O)c2cc3c(C)nn(-c4ccccc4)c3s2)cc1. The highest BCUT2D eigenvalue weighted by Gasteiger charge is 2.17. The molecule has 29 heavy (non-hydrogen) atoms. The molecule has 0 aliphatic heterocycles. The molecule has 0 aliphatic rings. The normalized spacial score (nSPS) is 11.0. The molecule has 4 rings (SSSR count). The van der Waals surface area contributed by atoms with Crippen molar-refractivity contribution < 1.29 is 14.3 Å². The minimum Gasteiger partial charge on any atom is -0.491 e. The van der Waals surface area contributed by atoms with E-state index in [1.165, 1.54) is 11.3 Å². The monoisotopic (exact) mass is 407 g/mol. The van der Waals surface area contributed by atoms with E-state index in [-0.39, 0.29) is 5.91 Å². The van der Waals surface area contributed by atoms with Crippen molar-refractivity contribution in [1.29, 1.82) is 0 Å². The van der Waals surface area contributed by atoms with Crippen LogP contribution < -0.4 is 10.1 Å². The van der Waals surface area contributed by atoms with E-state index in [0.717, 1.165) is 27.3 Å². The number of amides is 1. The average molecular weight is 407 g/mol. The smallest absolute Gasteiger partial charge is 0.265 e. The Labute approximate surface area is 172 Å². The maximum absolute atomic E-state index is 12.8. The first kappa shape index (κ1) is 19.2. The lowest BCUT2D eigenvalue weighted by Gasteiger charge is -2.07. The number of carbonyl (C=O) groups excluding carboxylic acids is 1. The zero-order chi connectivity index (χ0) is 20.2. The Kier molecular flexibility index (Phi) is 5.59. The van der Waals surface area contributed by atoms with Gasteiger partial charge in [0, 0.05) is 18.2 Å². The van der Waals surface area contributed by atoms with Gasteiger partial charge in [0.2, 0.25) is 0 Å². The molecule has 2 heterocycles. The quantitative estimate of drug-likeness (QED) is 0.452. The van der Waals surface area contributed by atoms with E-state index in [1.54, 1.807) is 7.11 Å². The van der Waals surface area contributed by atoms with Crippen molar-refractivity contribution >= 4 is 33.1 Å². The standard InChI is InChI=1S/C22H21N3O3S/c1-15-19-14-20(29-22(19)25(24-15)17-6-4-3-5-7-17)21(26)23-16-8-10-18(11-9-16)28-13-12-27-2/h3-11,14H,12-13H2,1-2H3,(H,23,26). The second kappa shape index (κ2) is 8.46. The van der Waals surface area contributed by atoms with E-state index < -0.39 is 0 Å². The lowest BCUT2D eigenvalue weighted by Crippen LogP contribution is -2.10. The molecule has 7 heteroatoms. The molecule has 0 spiro atoms. The number of nitrogens with one attached hydrogen (secondary N) is 1. The molecule has 1 N–H and O–H groups in total. The van der Waals surface area contributed by atoms with Crippen molar-refractivity contribution in [3.05, 3.63) is 71.2 Å². The Morgan fingerprint density at radius 1 is 1.10 bits per heavy atom. The first-order valence-corrected chi connectivity index (χ1v) is 10.0. The van der Waals surface area contributed by atoms with Crippen LogP contribution in [0.4, 0.5) is 5.69 Å². The second-order valence-electron chi connectivity index (χ2n) is 6.48. The van der Waals surface area contributed by atoms with Gasteiger partial charge in [-0.15, -0.1) is 11.3 Å². The van der Waals surface area contributed by atoms with E-state index >= 15 is 0 Å². The number of carbonyl (C=O) groups is 1.